The van der Waals surface area contributed by atoms with Crippen molar-refractivity contribution in [2.24, 2.45) is 0 Å². The molecule has 2 amide bonds. The molecule has 0 spiro atoms. The van der Waals surface area contributed by atoms with E-state index in [1.54, 1.807) is 12.1 Å². The summed E-state index contributed by atoms with van der Waals surface area (Å²) in [5, 5.41) is 0.562. The zero-order valence-electron chi connectivity index (χ0n) is 12.3. The predicted molar refractivity (Wildman–Crippen MR) is 78.8 cm³/mol. The molecule has 23 heavy (non-hydrogen) atoms. The lowest BCUT2D eigenvalue weighted by Crippen LogP contribution is -2.32. The van der Waals surface area contributed by atoms with E-state index in [9.17, 15) is 14.4 Å². The lowest BCUT2D eigenvalue weighted by atomic mass is 9.93. The molecule has 2 aromatic rings. The molecule has 0 aliphatic carbocycles. The molecule has 0 radical (unpaired) electrons. The number of carbonyl (C=O) groups is 3. The number of hydrogen-bond donors (Lipinski definition) is 0. The fourth-order valence-electron chi connectivity index (χ4n) is 2.52. The van der Waals surface area contributed by atoms with E-state index in [0.717, 1.165) is 5.56 Å². The Bertz CT molecular complexity index is 692. The molecule has 2 heterocycles. The molecule has 118 valence electrons. The molecule has 1 aliphatic heterocycles. The molecule has 3 rings (SSSR count). The highest BCUT2D eigenvalue weighted by atomic mass is 16.7. The van der Waals surface area contributed by atoms with Crippen molar-refractivity contribution >= 4 is 17.8 Å². The van der Waals surface area contributed by atoms with E-state index in [-0.39, 0.29) is 25.2 Å². The Kier molecular flexibility index (Phi) is 4.23. The number of hydroxylamine groups is 2. The van der Waals surface area contributed by atoms with Crippen molar-refractivity contribution < 1.29 is 23.6 Å². The monoisotopic (exact) mass is 313 g/mol. The number of hydrogen-bond acceptors (Lipinski definition) is 5. The molecule has 1 aromatic heterocycles. The van der Waals surface area contributed by atoms with Crippen LogP contribution in [0.4, 0.5) is 0 Å². The fourth-order valence-corrected chi connectivity index (χ4v) is 2.52. The number of benzene rings is 1. The number of furan rings is 1. The van der Waals surface area contributed by atoms with Crippen LogP contribution in [0, 0.1) is 0 Å². The first-order valence-electron chi connectivity index (χ1n) is 7.30. The summed E-state index contributed by atoms with van der Waals surface area (Å²) in [6.45, 7) is 0. The molecule has 0 saturated carbocycles. The van der Waals surface area contributed by atoms with Crippen molar-refractivity contribution in [3.05, 3.63) is 60.1 Å². The van der Waals surface area contributed by atoms with Crippen LogP contribution in [-0.4, -0.2) is 22.8 Å². The third kappa shape index (κ3) is 3.31. The normalized spacial score (nSPS) is 15.7. The summed E-state index contributed by atoms with van der Waals surface area (Å²) in [4.78, 5) is 40.1. The van der Waals surface area contributed by atoms with E-state index >= 15 is 0 Å². The third-order valence-corrected chi connectivity index (χ3v) is 3.66. The molecule has 1 saturated heterocycles. The second-order valence-electron chi connectivity index (χ2n) is 5.23. The second kappa shape index (κ2) is 6.48. The molecule has 6 heteroatoms. The van der Waals surface area contributed by atoms with Gasteiger partial charge in [0, 0.05) is 12.8 Å². The average Bonchev–Trinajstić information content (AvgIpc) is 3.19. The first-order valence-corrected chi connectivity index (χ1v) is 7.30. The van der Waals surface area contributed by atoms with Crippen LogP contribution in [0.2, 0.25) is 0 Å². The van der Waals surface area contributed by atoms with Gasteiger partial charge in [0.1, 0.15) is 5.76 Å². The van der Waals surface area contributed by atoms with Gasteiger partial charge in [-0.2, -0.15) is 0 Å². The van der Waals surface area contributed by atoms with Gasteiger partial charge in [0.2, 0.25) is 0 Å². The highest BCUT2D eigenvalue weighted by Gasteiger charge is 2.33. The summed E-state index contributed by atoms with van der Waals surface area (Å²) in [5.41, 5.74) is 0.887. The summed E-state index contributed by atoms with van der Waals surface area (Å²) >= 11 is 0. The van der Waals surface area contributed by atoms with Gasteiger partial charge in [-0.1, -0.05) is 30.3 Å². The topological polar surface area (TPSA) is 76.8 Å². The summed E-state index contributed by atoms with van der Waals surface area (Å²) < 4.78 is 5.41. The van der Waals surface area contributed by atoms with Crippen LogP contribution < -0.4 is 0 Å². The molecule has 1 unspecified atom stereocenters. The Morgan fingerprint density at radius 2 is 1.78 bits per heavy atom. The smallest absolute Gasteiger partial charge is 0.334 e. The van der Waals surface area contributed by atoms with E-state index in [4.69, 9.17) is 9.25 Å². The van der Waals surface area contributed by atoms with Crippen LogP contribution in [0.3, 0.4) is 0 Å². The zero-order valence-corrected chi connectivity index (χ0v) is 12.3. The van der Waals surface area contributed by atoms with Gasteiger partial charge in [-0.3, -0.25) is 9.59 Å². The van der Waals surface area contributed by atoms with Crippen molar-refractivity contribution in [3.8, 4) is 0 Å². The average molecular weight is 313 g/mol. The Labute approximate surface area is 132 Å². The maximum absolute atomic E-state index is 12.2. The predicted octanol–water partition coefficient (Wildman–Crippen LogP) is 2.41. The Balaban J connectivity index is 1.75. The molecule has 0 bridgehead atoms. The minimum atomic E-state index is -0.654. The van der Waals surface area contributed by atoms with E-state index in [0.29, 0.717) is 10.8 Å². The first-order chi connectivity index (χ1) is 11.1. The SMILES string of the molecule is O=C(CC(c1ccccc1)c1ccco1)ON1C(=O)CCC1=O. The van der Waals surface area contributed by atoms with Crippen LogP contribution in [0.15, 0.2) is 53.1 Å². The van der Waals surface area contributed by atoms with Crippen molar-refractivity contribution in [3.63, 3.8) is 0 Å². The Morgan fingerprint density at radius 3 is 2.39 bits per heavy atom. The molecule has 1 aliphatic rings. The number of nitrogens with zero attached hydrogens (tertiary/aromatic N) is 1. The molecule has 1 aromatic carbocycles. The molecule has 0 N–H and O–H groups in total. The Morgan fingerprint density at radius 1 is 1.09 bits per heavy atom. The summed E-state index contributed by atoms with van der Waals surface area (Å²) in [5.74, 6) is -1.35. The van der Waals surface area contributed by atoms with Crippen molar-refractivity contribution in [2.75, 3.05) is 0 Å². The van der Waals surface area contributed by atoms with Gasteiger partial charge in [0.05, 0.1) is 18.6 Å². The van der Waals surface area contributed by atoms with Gasteiger partial charge in [-0.15, -0.1) is 5.06 Å². The van der Waals surface area contributed by atoms with Gasteiger partial charge in [-0.05, 0) is 17.7 Å². The zero-order chi connectivity index (χ0) is 16.2. The molecule has 1 fully saturated rings. The summed E-state index contributed by atoms with van der Waals surface area (Å²) in [6, 6.07) is 12.9. The second-order valence-corrected chi connectivity index (χ2v) is 5.23. The van der Waals surface area contributed by atoms with Gasteiger partial charge in [-0.25, -0.2) is 4.79 Å². The standard InChI is InChI=1S/C17H15NO5/c19-15-8-9-16(20)18(15)23-17(21)11-13(14-7-4-10-22-14)12-5-2-1-3-6-12/h1-7,10,13H,8-9,11H2. The lowest BCUT2D eigenvalue weighted by molar-refractivity contribution is -0.197. The van der Waals surface area contributed by atoms with Gasteiger partial charge in [0.25, 0.3) is 11.8 Å². The van der Waals surface area contributed by atoms with Crippen molar-refractivity contribution in [1.29, 1.82) is 0 Å². The van der Waals surface area contributed by atoms with Crippen LogP contribution in [-0.2, 0) is 19.2 Å². The summed E-state index contributed by atoms with van der Waals surface area (Å²) in [7, 11) is 0. The summed E-state index contributed by atoms with van der Waals surface area (Å²) in [6.07, 6.45) is 1.65. The largest absolute Gasteiger partial charge is 0.469 e. The maximum Gasteiger partial charge on any atom is 0.334 e. The first kappa shape index (κ1) is 15.0. The number of rotatable bonds is 5. The molecular weight excluding hydrogens is 298 g/mol. The molecule has 1 atom stereocenters. The highest BCUT2D eigenvalue weighted by Crippen LogP contribution is 2.29. The highest BCUT2D eigenvalue weighted by molar-refractivity contribution is 6.01. The van der Waals surface area contributed by atoms with Crippen LogP contribution >= 0.6 is 0 Å². The van der Waals surface area contributed by atoms with E-state index < -0.39 is 17.8 Å². The minimum absolute atomic E-state index is 0.0331. The van der Waals surface area contributed by atoms with Gasteiger partial charge in [0.15, 0.2) is 0 Å². The van der Waals surface area contributed by atoms with Crippen molar-refractivity contribution in [2.45, 2.75) is 25.2 Å². The lowest BCUT2D eigenvalue weighted by Gasteiger charge is -2.17. The molecular formula is C17H15NO5. The third-order valence-electron chi connectivity index (χ3n) is 3.66. The van der Waals surface area contributed by atoms with Crippen molar-refractivity contribution in [1.82, 2.24) is 5.06 Å². The van der Waals surface area contributed by atoms with E-state index in [2.05, 4.69) is 0 Å². The van der Waals surface area contributed by atoms with Crippen LogP contribution in [0.5, 0.6) is 0 Å². The van der Waals surface area contributed by atoms with Crippen LogP contribution in [0.25, 0.3) is 0 Å². The number of imide groups is 1. The maximum atomic E-state index is 12.2. The fraction of sp³-hybridized carbons (Fsp3) is 0.235. The quantitative estimate of drug-likeness (QED) is 0.792. The van der Waals surface area contributed by atoms with E-state index in [1.165, 1.54) is 6.26 Å². The minimum Gasteiger partial charge on any atom is -0.469 e. The van der Waals surface area contributed by atoms with Gasteiger partial charge >= 0.3 is 5.97 Å². The number of amides is 2. The molecule has 6 nitrogen and oxygen atoms in total. The van der Waals surface area contributed by atoms with Gasteiger partial charge < -0.3 is 9.25 Å². The number of carbonyl (C=O) groups excluding carboxylic acids is 3. The Hall–Kier alpha value is -2.89. The van der Waals surface area contributed by atoms with Crippen LogP contribution in [0.1, 0.15) is 36.5 Å². The van der Waals surface area contributed by atoms with E-state index in [1.807, 2.05) is 30.3 Å².